The lowest BCUT2D eigenvalue weighted by Crippen LogP contribution is -2.38. The van der Waals surface area contributed by atoms with Crippen molar-refractivity contribution in [2.45, 2.75) is 12.8 Å². The van der Waals surface area contributed by atoms with Crippen molar-refractivity contribution < 1.29 is 28.7 Å². The molecule has 0 bridgehead atoms. The van der Waals surface area contributed by atoms with Gasteiger partial charge in [-0.25, -0.2) is 10.2 Å². The highest BCUT2D eigenvalue weighted by atomic mass is 16.5. The van der Waals surface area contributed by atoms with Crippen molar-refractivity contribution in [2.24, 2.45) is 0 Å². The molecular formula is C26H24N6O8. The highest BCUT2D eigenvalue weighted by Crippen LogP contribution is 2.14. The van der Waals surface area contributed by atoms with Crippen molar-refractivity contribution >= 4 is 45.3 Å². The van der Waals surface area contributed by atoms with Gasteiger partial charge in [-0.3, -0.25) is 28.8 Å². The van der Waals surface area contributed by atoms with Crippen molar-refractivity contribution in [1.82, 2.24) is 31.0 Å². The van der Waals surface area contributed by atoms with E-state index in [0.717, 1.165) is 0 Å². The van der Waals surface area contributed by atoms with E-state index in [0.29, 0.717) is 32.9 Å². The Bertz CT molecular complexity index is 1570. The van der Waals surface area contributed by atoms with Gasteiger partial charge in [0.05, 0.1) is 35.0 Å². The van der Waals surface area contributed by atoms with Crippen LogP contribution in [0.5, 0.6) is 0 Å². The van der Waals surface area contributed by atoms with Gasteiger partial charge < -0.3 is 20.1 Å². The molecule has 206 valence electrons. The minimum atomic E-state index is -0.708. The number of fused-ring (bicyclic) bond motifs is 2. The minimum Gasteiger partial charge on any atom is -0.455 e. The van der Waals surface area contributed by atoms with Crippen LogP contribution in [0, 0.1) is 0 Å². The second-order valence-electron chi connectivity index (χ2n) is 8.46. The zero-order chi connectivity index (χ0) is 28.5. The highest BCUT2D eigenvalue weighted by molar-refractivity contribution is 5.88. The van der Waals surface area contributed by atoms with E-state index in [-0.39, 0.29) is 37.0 Å². The van der Waals surface area contributed by atoms with Crippen LogP contribution in [0.25, 0.3) is 21.5 Å². The van der Waals surface area contributed by atoms with Crippen molar-refractivity contribution in [2.75, 3.05) is 26.3 Å². The first kappa shape index (κ1) is 27.6. The van der Waals surface area contributed by atoms with E-state index >= 15 is 0 Å². The van der Waals surface area contributed by atoms with Crippen LogP contribution in [0.3, 0.4) is 0 Å². The fraction of sp³-hybridized carbons (Fsp3) is 0.231. The van der Waals surface area contributed by atoms with Crippen LogP contribution >= 0.6 is 0 Å². The van der Waals surface area contributed by atoms with Gasteiger partial charge in [0.2, 0.25) is 0 Å². The summed E-state index contributed by atoms with van der Waals surface area (Å²) >= 11 is 0. The van der Waals surface area contributed by atoms with Gasteiger partial charge in [0.15, 0.2) is 13.2 Å². The topological polar surface area (TPSA) is 202 Å². The lowest BCUT2D eigenvalue weighted by Gasteiger charge is -2.09. The van der Waals surface area contributed by atoms with Crippen molar-refractivity contribution in [3.05, 3.63) is 80.6 Å². The summed E-state index contributed by atoms with van der Waals surface area (Å²) in [4.78, 5) is 71.8. The predicted octanol–water partition coefficient (Wildman–Crippen LogP) is -0.736. The lowest BCUT2D eigenvalue weighted by molar-refractivity contribution is -0.148. The van der Waals surface area contributed by atoms with Gasteiger partial charge >= 0.3 is 11.9 Å². The van der Waals surface area contributed by atoms with Crippen molar-refractivity contribution in [1.29, 1.82) is 0 Å². The molecule has 4 aromatic rings. The Morgan fingerprint density at radius 3 is 1.40 bits per heavy atom. The van der Waals surface area contributed by atoms with E-state index in [9.17, 15) is 28.8 Å². The molecule has 14 nitrogen and oxygen atoms in total. The number of rotatable bonds is 11. The Balaban J connectivity index is 1.12. The zero-order valence-electron chi connectivity index (χ0n) is 21.0. The molecule has 0 aliphatic rings. The largest absolute Gasteiger partial charge is 0.455 e. The van der Waals surface area contributed by atoms with Gasteiger partial charge in [-0.05, 0) is 12.1 Å². The SMILES string of the molecule is O=C(COC(=O)Cc1n[nH]c(=O)c2ccccc12)NCCNC(=O)COC(=O)Cc1n[nH]c(=O)c2ccccc12. The molecular weight excluding hydrogens is 524 g/mol. The van der Waals surface area contributed by atoms with Gasteiger partial charge in [-0.1, -0.05) is 36.4 Å². The molecule has 0 saturated carbocycles. The second kappa shape index (κ2) is 12.9. The number of ether oxygens (including phenoxy) is 2. The third-order valence-corrected chi connectivity index (χ3v) is 5.67. The smallest absolute Gasteiger partial charge is 0.312 e. The van der Waals surface area contributed by atoms with E-state index in [4.69, 9.17) is 9.47 Å². The molecule has 0 radical (unpaired) electrons. The van der Waals surface area contributed by atoms with Gasteiger partial charge in [0.25, 0.3) is 22.9 Å². The lowest BCUT2D eigenvalue weighted by atomic mass is 10.1. The first-order valence-corrected chi connectivity index (χ1v) is 12.1. The molecule has 0 atom stereocenters. The summed E-state index contributed by atoms with van der Waals surface area (Å²) in [6.45, 7) is -1.01. The summed E-state index contributed by atoms with van der Waals surface area (Å²) in [5.74, 6) is -2.59. The summed E-state index contributed by atoms with van der Waals surface area (Å²) in [6.07, 6.45) is -0.484. The van der Waals surface area contributed by atoms with Gasteiger partial charge in [-0.2, -0.15) is 10.2 Å². The molecule has 40 heavy (non-hydrogen) atoms. The number of amides is 2. The fourth-order valence-corrected chi connectivity index (χ4v) is 3.79. The van der Waals surface area contributed by atoms with Crippen molar-refractivity contribution in [3.8, 4) is 0 Å². The Labute approximate surface area is 225 Å². The molecule has 0 aliphatic heterocycles. The molecule has 4 N–H and O–H groups in total. The van der Waals surface area contributed by atoms with Crippen molar-refractivity contribution in [3.63, 3.8) is 0 Å². The minimum absolute atomic E-state index is 0.0372. The number of aromatic amines is 2. The van der Waals surface area contributed by atoms with Crippen LogP contribution in [0.15, 0.2) is 58.1 Å². The Kier molecular flexibility index (Phi) is 8.92. The number of H-pyrrole nitrogens is 2. The number of esters is 2. The molecule has 0 fully saturated rings. The summed E-state index contributed by atoms with van der Waals surface area (Å²) < 4.78 is 9.92. The maximum Gasteiger partial charge on any atom is 0.312 e. The van der Waals surface area contributed by atoms with E-state index < -0.39 is 37.0 Å². The van der Waals surface area contributed by atoms with Crippen LogP contribution in [-0.4, -0.2) is 70.5 Å². The molecule has 2 amide bonds. The third kappa shape index (κ3) is 7.12. The Morgan fingerprint density at radius 1 is 0.625 bits per heavy atom. The van der Waals surface area contributed by atoms with E-state index in [1.54, 1.807) is 48.5 Å². The fourth-order valence-electron chi connectivity index (χ4n) is 3.79. The summed E-state index contributed by atoms with van der Waals surface area (Å²) in [5.41, 5.74) is -0.136. The molecule has 0 spiro atoms. The molecule has 4 rings (SSSR count). The number of hydrogen-bond donors (Lipinski definition) is 4. The standard InChI is InChI=1S/C26H24N6O8/c33-21(13-39-23(35)11-19-15-5-1-3-7-17(15)25(37)31-29-19)27-9-10-28-22(34)14-40-24(36)12-20-16-6-2-4-8-18(16)26(38)32-30-20/h1-8H,9-14H2,(H,27,33)(H,28,34)(H,31,37)(H,32,38). The average Bonchev–Trinajstić information content (AvgIpc) is 2.96. The Morgan fingerprint density at radius 2 is 1.00 bits per heavy atom. The highest BCUT2D eigenvalue weighted by Gasteiger charge is 2.15. The summed E-state index contributed by atoms with van der Waals surface area (Å²) in [5, 5.41) is 19.2. The van der Waals surface area contributed by atoms with E-state index in [2.05, 4.69) is 31.0 Å². The monoisotopic (exact) mass is 548 g/mol. The second-order valence-corrected chi connectivity index (χ2v) is 8.46. The van der Waals surface area contributed by atoms with Crippen LogP contribution in [-0.2, 0) is 41.5 Å². The number of benzene rings is 2. The number of hydrogen-bond acceptors (Lipinski definition) is 10. The van der Waals surface area contributed by atoms with Gasteiger partial charge in [-0.15, -0.1) is 0 Å². The first-order chi connectivity index (χ1) is 19.3. The molecule has 14 heteroatoms. The van der Waals surface area contributed by atoms with Crippen LogP contribution in [0.1, 0.15) is 11.4 Å². The average molecular weight is 549 g/mol. The van der Waals surface area contributed by atoms with Crippen LogP contribution in [0.4, 0.5) is 0 Å². The van der Waals surface area contributed by atoms with Gasteiger partial charge in [0, 0.05) is 23.9 Å². The molecule has 2 aromatic heterocycles. The number of nitrogens with one attached hydrogen (secondary N) is 4. The summed E-state index contributed by atoms with van der Waals surface area (Å²) in [6, 6.07) is 13.3. The number of carbonyl (C=O) groups is 4. The van der Waals surface area contributed by atoms with E-state index in [1.165, 1.54) is 0 Å². The number of nitrogens with zero attached hydrogens (tertiary/aromatic N) is 2. The first-order valence-electron chi connectivity index (χ1n) is 12.1. The third-order valence-electron chi connectivity index (χ3n) is 5.67. The zero-order valence-corrected chi connectivity index (χ0v) is 21.0. The maximum atomic E-state index is 12.1. The quantitative estimate of drug-likeness (QED) is 0.137. The predicted molar refractivity (Wildman–Crippen MR) is 140 cm³/mol. The molecule has 2 aromatic carbocycles. The molecule has 2 heterocycles. The number of carbonyl (C=O) groups excluding carboxylic acids is 4. The maximum absolute atomic E-state index is 12.1. The molecule has 0 aliphatic carbocycles. The van der Waals surface area contributed by atoms with E-state index in [1.807, 2.05) is 0 Å². The normalized spacial score (nSPS) is 10.7. The van der Waals surface area contributed by atoms with Gasteiger partial charge in [0.1, 0.15) is 0 Å². The summed E-state index contributed by atoms with van der Waals surface area (Å²) in [7, 11) is 0. The Hall–Kier alpha value is -5.40. The van der Waals surface area contributed by atoms with Crippen LogP contribution in [0.2, 0.25) is 0 Å². The number of aromatic nitrogens is 4. The molecule has 0 unspecified atom stereocenters. The molecule has 0 saturated heterocycles. The van der Waals surface area contributed by atoms with Crippen LogP contribution < -0.4 is 21.8 Å².